The number of hydrogen-bond donors (Lipinski definition) is 0. The second-order valence-electron chi connectivity index (χ2n) is 7.28. The van der Waals surface area contributed by atoms with Crippen LogP contribution >= 0.6 is 0 Å². The minimum atomic E-state index is -1.27. The Morgan fingerprint density at radius 3 is 1.08 bits per heavy atom. The van der Waals surface area contributed by atoms with E-state index in [1.54, 1.807) is 28.4 Å². The van der Waals surface area contributed by atoms with Gasteiger partial charge in [-0.1, -0.05) is 64.2 Å². The van der Waals surface area contributed by atoms with Gasteiger partial charge in [-0.15, -0.1) is 0 Å². The van der Waals surface area contributed by atoms with Crippen LogP contribution in [0.15, 0.2) is 0 Å². The first-order valence-corrected chi connectivity index (χ1v) is 13.4. The predicted octanol–water partition coefficient (Wildman–Crippen LogP) is 4.16. The van der Waals surface area contributed by atoms with Crippen molar-refractivity contribution in [1.82, 2.24) is 0 Å². The van der Waals surface area contributed by atoms with Crippen LogP contribution < -0.4 is 0 Å². The van der Waals surface area contributed by atoms with Gasteiger partial charge >= 0.3 is 18.6 Å². The van der Waals surface area contributed by atoms with Gasteiger partial charge in [0.1, 0.15) is 0 Å². The van der Waals surface area contributed by atoms with Crippen molar-refractivity contribution in [2.45, 2.75) is 76.3 Å². The summed E-state index contributed by atoms with van der Waals surface area (Å²) >= 11 is 0. The van der Waals surface area contributed by atoms with E-state index in [-0.39, 0.29) is 0 Å². The van der Waals surface area contributed by atoms with Gasteiger partial charge in [0.15, 0.2) is 0 Å². The SMILES string of the molecule is CO[SiH](CC1CCCCC1)OC.CO[SiH](CC1CCCCC1)OC. The molecule has 4 nitrogen and oxygen atoms in total. The molecule has 2 fully saturated rings. The molecule has 0 N–H and O–H groups in total. The van der Waals surface area contributed by atoms with Crippen molar-refractivity contribution in [3.05, 3.63) is 0 Å². The first kappa shape index (κ1) is 22.3. The van der Waals surface area contributed by atoms with Crippen molar-refractivity contribution in [2.75, 3.05) is 28.4 Å². The molecular formula is C18H40O4Si2. The maximum Gasteiger partial charge on any atom is 0.321 e. The largest absolute Gasteiger partial charge is 0.400 e. The van der Waals surface area contributed by atoms with E-state index in [0.717, 1.165) is 11.8 Å². The third kappa shape index (κ3) is 9.68. The fourth-order valence-electron chi connectivity index (χ4n) is 3.97. The van der Waals surface area contributed by atoms with Crippen molar-refractivity contribution >= 4 is 18.6 Å². The Morgan fingerprint density at radius 2 is 0.833 bits per heavy atom. The zero-order valence-corrected chi connectivity index (χ0v) is 18.7. The van der Waals surface area contributed by atoms with Crippen molar-refractivity contribution in [3.63, 3.8) is 0 Å². The molecule has 0 atom stereocenters. The summed E-state index contributed by atoms with van der Waals surface area (Å²) < 4.78 is 21.3. The Kier molecular flexibility index (Phi) is 13.4. The summed E-state index contributed by atoms with van der Waals surface area (Å²) in [7, 11) is 4.59. The van der Waals surface area contributed by atoms with Gasteiger partial charge in [-0.25, -0.2) is 0 Å². The Balaban J connectivity index is 0.000000240. The molecule has 0 amide bonds. The van der Waals surface area contributed by atoms with E-state index in [2.05, 4.69) is 0 Å². The highest BCUT2D eigenvalue weighted by atomic mass is 28.3. The van der Waals surface area contributed by atoms with Crippen molar-refractivity contribution in [1.29, 1.82) is 0 Å². The van der Waals surface area contributed by atoms with E-state index in [4.69, 9.17) is 17.7 Å². The lowest BCUT2D eigenvalue weighted by Crippen LogP contribution is -2.23. The molecule has 24 heavy (non-hydrogen) atoms. The Labute approximate surface area is 153 Å². The van der Waals surface area contributed by atoms with E-state index in [9.17, 15) is 0 Å². The molecule has 0 spiro atoms. The van der Waals surface area contributed by atoms with Crippen LogP contribution in [-0.4, -0.2) is 47.0 Å². The molecule has 0 radical (unpaired) electrons. The van der Waals surface area contributed by atoms with Crippen LogP contribution in [0.1, 0.15) is 64.2 Å². The summed E-state index contributed by atoms with van der Waals surface area (Å²) in [6.07, 6.45) is 14.1. The van der Waals surface area contributed by atoms with Gasteiger partial charge in [0.05, 0.1) is 0 Å². The smallest absolute Gasteiger partial charge is 0.321 e. The van der Waals surface area contributed by atoms with Crippen LogP contribution in [0.5, 0.6) is 0 Å². The monoisotopic (exact) mass is 376 g/mol. The highest BCUT2D eigenvalue weighted by Crippen LogP contribution is 2.28. The van der Waals surface area contributed by atoms with Crippen LogP contribution in [0.25, 0.3) is 0 Å². The highest BCUT2D eigenvalue weighted by Gasteiger charge is 2.21. The topological polar surface area (TPSA) is 36.9 Å². The molecule has 144 valence electrons. The fraction of sp³-hybridized carbons (Fsp3) is 1.00. The molecule has 6 heteroatoms. The zero-order chi connectivity index (χ0) is 17.6. The average Bonchev–Trinajstić information content (AvgIpc) is 2.66. The molecular weight excluding hydrogens is 336 g/mol. The second kappa shape index (κ2) is 14.4. The summed E-state index contributed by atoms with van der Waals surface area (Å²) in [6, 6.07) is 2.43. The molecule has 0 aliphatic heterocycles. The Morgan fingerprint density at radius 1 is 0.542 bits per heavy atom. The van der Waals surface area contributed by atoms with E-state index >= 15 is 0 Å². The summed E-state index contributed by atoms with van der Waals surface area (Å²) in [5.74, 6) is 1.80. The molecule has 2 aliphatic carbocycles. The molecule has 2 rings (SSSR count). The first-order valence-electron chi connectivity index (χ1n) is 9.84. The summed E-state index contributed by atoms with van der Waals surface area (Å²) in [5, 5.41) is 0. The Hall–Kier alpha value is 0.274. The summed E-state index contributed by atoms with van der Waals surface area (Å²) in [5.41, 5.74) is 0. The van der Waals surface area contributed by atoms with Crippen LogP contribution in [0, 0.1) is 11.8 Å². The van der Waals surface area contributed by atoms with E-state index in [1.807, 2.05) is 0 Å². The van der Waals surface area contributed by atoms with Crippen LogP contribution in [-0.2, 0) is 17.7 Å². The molecule has 0 unspecified atom stereocenters. The zero-order valence-electron chi connectivity index (χ0n) is 16.4. The molecule has 0 aromatic rings. The lowest BCUT2D eigenvalue weighted by molar-refractivity contribution is 0.259. The lowest BCUT2D eigenvalue weighted by Gasteiger charge is -2.23. The average molecular weight is 377 g/mol. The minimum Gasteiger partial charge on any atom is -0.400 e. The van der Waals surface area contributed by atoms with Gasteiger partial charge in [0.2, 0.25) is 0 Å². The van der Waals surface area contributed by atoms with Crippen LogP contribution in [0.2, 0.25) is 12.1 Å². The van der Waals surface area contributed by atoms with Gasteiger partial charge in [-0.05, 0) is 23.9 Å². The third-order valence-electron chi connectivity index (χ3n) is 5.55. The van der Waals surface area contributed by atoms with Crippen molar-refractivity contribution < 1.29 is 17.7 Å². The summed E-state index contributed by atoms with van der Waals surface area (Å²) in [4.78, 5) is 0. The van der Waals surface area contributed by atoms with Gasteiger partial charge in [-0.2, -0.15) is 0 Å². The fourth-order valence-corrected chi connectivity index (χ4v) is 7.15. The standard InChI is InChI=1S/2C9H20O2Si/c2*1-10-12(11-2)8-9-6-4-3-5-7-9/h2*9,12H,3-8H2,1-2H3. The molecule has 0 bridgehead atoms. The van der Waals surface area contributed by atoms with E-state index < -0.39 is 18.6 Å². The molecule has 0 heterocycles. The quantitative estimate of drug-likeness (QED) is 0.596. The van der Waals surface area contributed by atoms with Crippen LogP contribution in [0.4, 0.5) is 0 Å². The van der Waals surface area contributed by atoms with Crippen LogP contribution in [0.3, 0.4) is 0 Å². The maximum atomic E-state index is 5.32. The van der Waals surface area contributed by atoms with Gasteiger partial charge in [0, 0.05) is 28.4 Å². The molecule has 2 saturated carbocycles. The predicted molar refractivity (Wildman–Crippen MR) is 105 cm³/mol. The van der Waals surface area contributed by atoms with Crippen molar-refractivity contribution in [3.8, 4) is 0 Å². The molecule has 2 aliphatic rings. The highest BCUT2D eigenvalue weighted by molar-refractivity contribution is 6.44. The van der Waals surface area contributed by atoms with Gasteiger partial charge < -0.3 is 17.7 Å². The molecule has 0 aromatic carbocycles. The van der Waals surface area contributed by atoms with Gasteiger partial charge in [0.25, 0.3) is 0 Å². The minimum absolute atomic E-state index is 0.898. The molecule has 0 saturated heterocycles. The molecule has 0 aromatic heterocycles. The third-order valence-corrected chi connectivity index (χ3v) is 9.76. The maximum absolute atomic E-state index is 5.32. The normalized spacial score (nSPS) is 20.2. The first-order chi connectivity index (χ1) is 11.7. The van der Waals surface area contributed by atoms with Gasteiger partial charge in [-0.3, -0.25) is 0 Å². The second-order valence-corrected chi connectivity index (χ2v) is 11.8. The van der Waals surface area contributed by atoms with Crippen molar-refractivity contribution in [2.24, 2.45) is 11.8 Å². The Bertz CT molecular complexity index is 246. The van der Waals surface area contributed by atoms with E-state index in [0.29, 0.717) is 0 Å². The number of hydrogen-bond acceptors (Lipinski definition) is 4. The lowest BCUT2D eigenvalue weighted by atomic mass is 9.91. The number of rotatable bonds is 8. The van der Waals surface area contributed by atoms with E-state index in [1.165, 1.54) is 76.3 Å². The summed E-state index contributed by atoms with van der Waals surface area (Å²) in [6.45, 7) is 0.